The Morgan fingerprint density at radius 3 is 2.89 bits per heavy atom. The zero-order valence-electron chi connectivity index (χ0n) is 15.0. The highest BCUT2D eigenvalue weighted by Gasteiger charge is 2.20. The Kier molecular flexibility index (Phi) is 5.43. The number of halogens is 1. The molecule has 1 atom stereocenters. The van der Waals surface area contributed by atoms with E-state index >= 15 is 0 Å². The van der Waals surface area contributed by atoms with E-state index in [4.69, 9.17) is 16.3 Å². The van der Waals surface area contributed by atoms with Gasteiger partial charge in [-0.15, -0.1) is 0 Å². The molecule has 2 aromatic carbocycles. The number of hydrogen-bond acceptors (Lipinski definition) is 6. The van der Waals surface area contributed by atoms with Crippen LogP contribution in [0.3, 0.4) is 0 Å². The lowest BCUT2D eigenvalue weighted by Gasteiger charge is -2.18. The number of nitrogens with one attached hydrogen (secondary N) is 3. The van der Waals surface area contributed by atoms with Crippen molar-refractivity contribution in [3.8, 4) is 0 Å². The quantitative estimate of drug-likeness (QED) is 0.419. The first-order valence-electron chi connectivity index (χ1n) is 8.68. The van der Waals surface area contributed by atoms with Crippen LogP contribution in [0.5, 0.6) is 0 Å². The van der Waals surface area contributed by atoms with Gasteiger partial charge in [0.25, 0.3) is 0 Å². The van der Waals surface area contributed by atoms with Crippen molar-refractivity contribution in [2.45, 2.75) is 12.5 Å². The number of anilines is 2. The van der Waals surface area contributed by atoms with Crippen LogP contribution in [0.1, 0.15) is 6.42 Å². The molecule has 0 aliphatic rings. The van der Waals surface area contributed by atoms with Gasteiger partial charge in [-0.05, 0) is 42.8 Å². The smallest absolute Gasteiger partial charge is 0.248 e. The minimum Gasteiger partial charge on any atom is -0.385 e. The number of aromatic nitrogens is 3. The molecule has 0 saturated heterocycles. The third-order valence-electron chi connectivity index (χ3n) is 4.32. The largest absolute Gasteiger partial charge is 0.385 e. The second-order valence-corrected chi connectivity index (χ2v) is 7.67. The number of fused-ring (bicyclic) bond motifs is 3. The SMILES string of the molecule is COCCC(Nc1ccc(Cl)cc1)C(=O)Nc1nc2ccc3[nH]ncc3c2s1. The van der Waals surface area contributed by atoms with E-state index in [0.29, 0.717) is 23.2 Å². The zero-order chi connectivity index (χ0) is 19.5. The number of carbonyl (C=O) groups is 1. The molecule has 144 valence electrons. The summed E-state index contributed by atoms with van der Waals surface area (Å²) in [7, 11) is 1.61. The van der Waals surface area contributed by atoms with E-state index in [2.05, 4.69) is 25.8 Å². The molecule has 1 unspecified atom stereocenters. The van der Waals surface area contributed by atoms with Gasteiger partial charge >= 0.3 is 0 Å². The van der Waals surface area contributed by atoms with E-state index in [0.717, 1.165) is 26.8 Å². The van der Waals surface area contributed by atoms with Crippen molar-refractivity contribution in [2.75, 3.05) is 24.4 Å². The second kappa shape index (κ2) is 8.14. The second-order valence-electron chi connectivity index (χ2n) is 6.24. The third kappa shape index (κ3) is 3.94. The van der Waals surface area contributed by atoms with Gasteiger partial charge in [0.2, 0.25) is 5.91 Å². The van der Waals surface area contributed by atoms with Crippen LogP contribution in [0.25, 0.3) is 21.1 Å². The molecule has 0 saturated carbocycles. The van der Waals surface area contributed by atoms with Crippen LogP contribution in [0.2, 0.25) is 5.02 Å². The van der Waals surface area contributed by atoms with Gasteiger partial charge in [0.1, 0.15) is 6.04 Å². The van der Waals surface area contributed by atoms with E-state index in [-0.39, 0.29) is 5.91 Å². The average Bonchev–Trinajstić information content (AvgIpc) is 3.32. The molecule has 0 aliphatic heterocycles. The molecule has 4 aromatic rings. The van der Waals surface area contributed by atoms with E-state index in [1.807, 2.05) is 24.3 Å². The molecule has 7 nitrogen and oxygen atoms in total. The van der Waals surface area contributed by atoms with E-state index in [1.165, 1.54) is 11.3 Å². The summed E-state index contributed by atoms with van der Waals surface area (Å²) in [5.74, 6) is -0.172. The van der Waals surface area contributed by atoms with Crippen LogP contribution < -0.4 is 10.6 Å². The van der Waals surface area contributed by atoms with Crippen molar-refractivity contribution in [1.29, 1.82) is 0 Å². The van der Waals surface area contributed by atoms with Crippen molar-refractivity contribution in [3.05, 3.63) is 47.6 Å². The number of nitrogens with zero attached hydrogens (tertiary/aromatic N) is 2. The predicted molar refractivity (Wildman–Crippen MR) is 113 cm³/mol. The van der Waals surface area contributed by atoms with Gasteiger partial charge in [0, 0.05) is 29.8 Å². The molecule has 0 radical (unpaired) electrons. The minimum atomic E-state index is -0.470. The van der Waals surface area contributed by atoms with E-state index < -0.39 is 6.04 Å². The summed E-state index contributed by atoms with van der Waals surface area (Å²) in [4.78, 5) is 17.4. The molecular weight excluding hydrogens is 398 g/mol. The summed E-state index contributed by atoms with van der Waals surface area (Å²) in [5.41, 5.74) is 2.58. The Balaban J connectivity index is 1.54. The fourth-order valence-electron chi connectivity index (χ4n) is 2.90. The number of hydrogen-bond donors (Lipinski definition) is 3. The average molecular weight is 416 g/mol. The summed E-state index contributed by atoms with van der Waals surface area (Å²) in [6.45, 7) is 0.453. The highest BCUT2D eigenvalue weighted by atomic mass is 35.5. The summed E-state index contributed by atoms with van der Waals surface area (Å²) in [6.07, 6.45) is 2.28. The molecule has 2 heterocycles. The molecule has 9 heteroatoms. The zero-order valence-corrected chi connectivity index (χ0v) is 16.6. The van der Waals surface area contributed by atoms with Gasteiger partial charge < -0.3 is 15.4 Å². The first kappa shape index (κ1) is 18.7. The van der Waals surface area contributed by atoms with Gasteiger partial charge in [-0.3, -0.25) is 9.89 Å². The minimum absolute atomic E-state index is 0.172. The van der Waals surface area contributed by atoms with E-state index in [1.54, 1.807) is 25.4 Å². The fourth-order valence-corrected chi connectivity index (χ4v) is 4.01. The van der Waals surface area contributed by atoms with Crippen LogP contribution >= 0.6 is 22.9 Å². The van der Waals surface area contributed by atoms with Crippen molar-refractivity contribution < 1.29 is 9.53 Å². The molecular formula is C19H18ClN5O2S. The Morgan fingerprint density at radius 2 is 2.11 bits per heavy atom. The maximum Gasteiger partial charge on any atom is 0.248 e. The van der Waals surface area contributed by atoms with Crippen molar-refractivity contribution >= 4 is 60.8 Å². The van der Waals surface area contributed by atoms with Gasteiger partial charge in [-0.2, -0.15) is 5.10 Å². The third-order valence-corrected chi connectivity index (χ3v) is 5.59. The highest BCUT2D eigenvalue weighted by molar-refractivity contribution is 7.23. The molecule has 4 rings (SSSR count). The molecule has 28 heavy (non-hydrogen) atoms. The molecule has 3 N–H and O–H groups in total. The van der Waals surface area contributed by atoms with Crippen molar-refractivity contribution in [3.63, 3.8) is 0 Å². The molecule has 0 spiro atoms. The number of benzene rings is 2. The molecule has 0 fully saturated rings. The Labute approximate surface area is 170 Å². The lowest BCUT2D eigenvalue weighted by molar-refractivity contribution is -0.117. The maximum atomic E-state index is 12.9. The summed E-state index contributed by atoms with van der Waals surface area (Å²) in [6, 6.07) is 10.6. The van der Waals surface area contributed by atoms with E-state index in [9.17, 15) is 4.79 Å². The van der Waals surface area contributed by atoms with Crippen LogP contribution in [0, 0.1) is 0 Å². The molecule has 0 bridgehead atoms. The van der Waals surface area contributed by atoms with Crippen LogP contribution in [-0.4, -0.2) is 40.8 Å². The number of aromatic amines is 1. The summed E-state index contributed by atoms with van der Waals surface area (Å²) in [5, 5.41) is 15.4. The van der Waals surface area contributed by atoms with Gasteiger partial charge in [0.05, 0.1) is 21.9 Å². The number of amides is 1. The Hall–Kier alpha value is -2.68. The fraction of sp³-hybridized carbons (Fsp3) is 0.211. The Morgan fingerprint density at radius 1 is 1.29 bits per heavy atom. The number of H-pyrrole nitrogens is 1. The molecule has 1 amide bonds. The lowest BCUT2D eigenvalue weighted by atomic mass is 10.2. The highest BCUT2D eigenvalue weighted by Crippen LogP contribution is 2.32. The maximum absolute atomic E-state index is 12.9. The molecule has 2 aromatic heterocycles. The van der Waals surface area contributed by atoms with Gasteiger partial charge in [0.15, 0.2) is 5.13 Å². The first-order chi connectivity index (χ1) is 13.6. The monoisotopic (exact) mass is 415 g/mol. The number of carbonyl (C=O) groups excluding carboxylic acids is 1. The van der Waals surface area contributed by atoms with Crippen LogP contribution in [-0.2, 0) is 9.53 Å². The van der Waals surface area contributed by atoms with Crippen molar-refractivity contribution in [2.24, 2.45) is 0 Å². The lowest BCUT2D eigenvalue weighted by Crippen LogP contribution is -2.35. The Bertz CT molecular complexity index is 1110. The van der Waals surface area contributed by atoms with Gasteiger partial charge in [-0.25, -0.2) is 4.98 Å². The normalized spacial score (nSPS) is 12.4. The van der Waals surface area contributed by atoms with Crippen molar-refractivity contribution in [1.82, 2.24) is 15.2 Å². The molecule has 0 aliphatic carbocycles. The first-order valence-corrected chi connectivity index (χ1v) is 9.88. The summed E-state index contributed by atoms with van der Waals surface area (Å²) < 4.78 is 6.14. The standard InChI is InChI=1S/C19H18ClN5O2S/c1-27-9-8-16(22-12-4-2-11(20)3-5-12)18(26)24-19-23-15-7-6-14-13(10-21-25-14)17(15)28-19/h2-7,10,16,22H,8-9H2,1H3,(H,21,25)(H,23,24,26). The number of rotatable bonds is 7. The van der Waals surface area contributed by atoms with Gasteiger partial charge in [-0.1, -0.05) is 22.9 Å². The predicted octanol–water partition coefficient (Wildman–Crippen LogP) is 4.28. The van der Waals surface area contributed by atoms with Crippen LogP contribution in [0.4, 0.5) is 10.8 Å². The topological polar surface area (TPSA) is 91.9 Å². The number of thiazole rings is 1. The van der Waals surface area contributed by atoms with Crippen LogP contribution in [0.15, 0.2) is 42.6 Å². The number of ether oxygens (including phenoxy) is 1. The number of methoxy groups -OCH3 is 1. The summed E-state index contributed by atoms with van der Waals surface area (Å²) >= 11 is 7.36.